The molecule has 23 heavy (non-hydrogen) atoms. The zero-order chi connectivity index (χ0) is 16.1. The van der Waals surface area contributed by atoms with Crippen molar-refractivity contribution < 1.29 is 9.59 Å². The molecule has 1 aromatic carbocycles. The molecule has 0 saturated carbocycles. The Bertz CT molecular complexity index is 556. The highest BCUT2D eigenvalue weighted by molar-refractivity contribution is 9.10. The van der Waals surface area contributed by atoms with Crippen LogP contribution in [0.4, 0.5) is 5.69 Å². The van der Waals surface area contributed by atoms with Gasteiger partial charge in [-0.25, -0.2) is 0 Å². The Balaban J connectivity index is 0.00000264. The van der Waals surface area contributed by atoms with Gasteiger partial charge in [0.1, 0.15) is 5.92 Å². The highest BCUT2D eigenvalue weighted by atomic mass is 79.9. The van der Waals surface area contributed by atoms with E-state index in [0.29, 0.717) is 19.5 Å². The van der Waals surface area contributed by atoms with Crippen molar-refractivity contribution in [1.82, 2.24) is 10.6 Å². The van der Waals surface area contributed by atoms with Crippen LogP contribution in [-0.2, 0) is 9.59 Å². The molecule has 2 amide bonds. The lowest BCUT2D eigenvalue weighted by Crippen LogP contribution is -2.43. The first-order valence-electron chi connectivity index (χ1n) is 7.61. The standard InChI is InChI=1S/C16H22BrN3O2.ClH/c1-3-18-11(2)10-19-15(21)12-8-9-20(16(12)22)14-7-5-4-6-13(14)17;/h4-7,11-12,18H,3,8-10H2,1-2H3,(H,19,21);1H/t11-,12?;/m1./s1. The number of hydrogen-bond donors (Lipinski definition) is 2. The summed E-state index contributed by atoms with van der Waals surface area (Å²) in [5, 5.41) is 6.09. The highest BCUT2D eigenvalue weighted by Gasteiger charge is 2.38. The first-order chi connectivity index (χ1) is 10.5. The molecule has 5 nitrogen and oxygen atoms in total. The van der Waals surface area contributed by atoms with Crippen molar-refractivity contribution in [2.24, 2.45) is 5.92 Å². The molecule has 1 fully saturated rings. The molecule has 0 aromatic heterocycles. The van der Waals surface area contributed by atoms with Crippen LogP contribution in [0.5, 0.6) is 0 Å². The Morgan fingerprint density at radius 2 is 2.13 bits per heavy atom. The van der Waals surface area contributed by atoms with Gasteiger partial charge in [-0.05, 0) is 48.0 Å². The molecule has 0 spiro atoms. The van der Waals surface area contributed by atoms with Crippen molar-refractivity contribution in [2.75, 3.05) is 24.5 Å². The lowest BCUT2D eigenvalue weighted by molar-refractivity contribution is -0.132. The van der Waals surface area contributed by atoms with E-state index >= 15 is 0 Å². The fourth-order valence-corrected chi connectivity index (χ4v) is 3.13. The van der Waals surface area contributed by atoms with E-state index in [0.717, 1.165) is 16.7 Å². The molecule has 1 aliphatic heterocycles. The second-order valence-electron chi connectivity index (χ2n) is 5.49. The van der Waals surface area contributed by atoms with Crippen molar-refractivity contribution in [3.05, 3.63) is 28.7 Å². The Morgan fingerprint density at radius 3 is 2.78 bits per heavy atom. The van der Waals surface area contributed by atoms with E-state index < -0.39 is 5.92 Å². The summed E-state index contributed by atoms with van der Waals surface area (Å²) in [5.41, 5.74) is 0.823. The fraction of sp³-hybridized carbons (Fsp3) is 0.500. The molecular weight excluding hydrogens is 382 g/mol. The van der Waals surface area contributed by atoms with Crippen LogP contribution < -0.4 is 15.5 Å². The highest BCUT2D eigenvalue weighted by Crippen LogP contribution is 2.31. The molecule has 1 aromatic rings. The summed E-state index contributed by atoms with van der Waals surface area (Å²) in [6.45, 7) is 5.99. The van der Waals surface area contributed by atoms with Gasteiger partial charge < -0.3 is 15.5 Å². The van der Waals surface area contributed by atoms with Crippen LogP contribution in [0.15, 0.2) is 28.7 Å². The molecule has 1 heterocycles. The average Bonchev–Trinajstić information content (AvgIpc) is 2.87. The largest absolute Gasteiger partial charge is 0.354 e. The summed E-state index contributed by atoms with van der Waals surface area (Å²) in [5.74, 6) is -0.884. The molecule has 0 radical (unpaired) electrons. The third-order valence-electron chi connectivity index (χ3n) is 3.80. The minimum absolute atomic E-state index is 0. The smallest absolute Gasteiger partial charge is 0.239 e. The molecule has 1 unspecified atom stereocenters. The van der Waals surface area contributed by atoms with Gasteiger partial charge in [-0.3, -0.25) is 9.59 Å². The quantitative estimate of drug-likeness (QED) is 0.716. The van der Waals surface area contributed by atoms with Crippen molar-refractivity contribution in [3.8, 4) is 0 Å². The van der Waals surface area contributed by atoms with Crippen molar-refractivity contribution >= 4 is 45.8 Å². The van der Waals surface area contributed by atoms with Crippen molar-refractivity contribution in [2.45, 2.75) is 26.3 Å². The maximum atomic E-state index is 12.5. The van der Waals surface area contributed by atoms with Gasteiger partial charge in [0.2, 0.25) is 11.8 Å². The second-order valence-corrected chi connectivity index (χ2v) is 6.34. The number of anilines is 1. The second kappa shape index (κ2) is 9.25. The molecule has 0 aliphatic carbocycles. The summed E-state index contributed by atoms with van der Waals surface area (Å²) in [7, 11) is 0. The first kappa shape index (κ1) is 19.9. The molecular formula is C16H23BrClN3O2. The molecule has 2 atom stereocenters. The summed E-state index contributed by atoms with van der Waals surface area (Å²) in [6, 6.07) is 7.77. The number of carbonyl (C=O) groups excluding carboxylic acids is 2. The minimum atomic E-state index is -0.582. The normalized spacial score (nSPS) is 18.5. The fourth-order valence-electron chi connectivity index (χ4n) is 2.63. The maximum absolute atomic E-state index is 12.5. The third kappa shape index (κ3) is 4.93. The molecule has 0 bridgehead atoms. The van der Waals surface area contributed by atoms with Gasteiger partial charge in [-0.2, -0.15) is 0 Å². The van der Waals surface area contributed by atoms with Crippen molar-refractivity contribution in [1.29, 1.82) is 0 Å². The van der Waals surface area contributed by atoms with Gasteiger partial charge in [0.05, 0.1) is 5.69 Å². The number of nitrogens with zero attached hydrogens (tertiary/aromatic N) is 1. The van der Waals surface area contributed by atoms with Gasteiger partial charge in [0, 0.05) is 23.6 Å². The molecule has 1 aliphatic rings. The number of para-hydroxylation sites is 1. The van der Waals surface area contributed by atoms with Crippen LogP contribution in [0.3, 0.4) is 0 Å². The van der Waals surface area contributed by atoms with E-state index in [1.807, 2.05) is 38.1 Å². The van der Waals surface area contributed by atoms with Crippen LogP contribution in [-0.4, -0.2) is 37.5 Å². The molecule has 128 valence electrons. The predicted octanol–water partition coefficient (Wildman–Crippen LogP) is 2.34. The van der Waals surface area contributed by atoms with E-state index in [1.54, 1.807) is 4.90 Å². The lowest BCUT2D eigenvalue weighted by Gasteiger charge is -2.19. The number of likely N-dealkylation sites (N-methyl/N-ethyl adjacent to an activating group) is 1. The predicted molar refractivity (Wildman–Crippen MR) is 98.0 cm³/mol. The number of hydrogen-bond acceptors (Lipinski definition) is 3. The van der Waals surface area contributed by atoms with Gasteiger partial charge in [0.15, 0.2) is 0 Å². The van der Waals surface area contributed by atoms with Gasteiger partial charge in [-0.1, -0.05) is 19.1 Å². The van der Waals surface area contributed by atoms with Crippen LogP contribution in [0, 0.1) is 5.92 Å². The molecule has 1 saturated heterocycles. The summed E-state index contributed by atoms with van der Waals surface area (Å²) in [6.07, 6.45) is 0.557. The number of benzene rings is 1. The van der Waals surface area contributed by atoms with E-state index in [1.165, 1.54) is 0 Å². The van der Waals surface area contributed by atoms with Crippen molar-refractivity contribution in [3.63, 3.8) is 0 Å². The monoisotopic (exact) mass is 403 g/mol. The summed E-state index contributed by atoms with van der Waals surface area (Å²) in [4.78, 5) is 26.4. The Labute approximate surface area is 151 Å². The SMILES string of the molecule is CCN[C@H](C)CNC(=O)C1CCN(c2ccccc2Br)C1=O.Cl. The van der Waals surface area contributed by atoms with Crippen LogP contribution in [0.2, 0.25) is 0 Å². The lowest BCUT2D eigenvalue weighted by atomic mass is 10.1. The minimum Gasteiger partial charge on any atom is -0.354 e. The van der Waals surface area contributed by atoms with E-state index in [2.05, 4.69) is 26.6 Å². The number of amides is 2. The van der Waals surface area contributed by atoms with E-state index in [9.17, 15) is 9.59 Å². The number of carbonyl (C=O) groups is 2. The maximum Gasteiger partial charge on any atom is 0.239 e. The summed E-state index contributed by atoms with van der Waals surface area (Å²) < 4.78 is 0.866. The zero-order valence-electron chi connectivity index (χ0n) is 13.3. The van der Waals surface area contributed by atoms with Gasteiger partial charge >= 0.3 is 0 Å². The topological polar surface area (TPSA) is 61.4 Å². The third-order valence-corrected chi connectivity index (χ3v) is 4.47. The number of nitrogens with one attached hydrogen (secondary N) is 2. The Hall–Kier alpha value is -1.11. The van der Waals surface area contributed by atoms with E-state index in [-0.39, 0.29) is 30.3 Å². The van der Waals surface area contributed by atoms with E-state index in [4.69, 9.17) is 0 Å². The van der Waals surface area contributed by atoms with Crippen LogP contribution in [0.1, 0.15) is 20.3 Å². The summed E-state index contributed by atoms with van der Waals surface area (Å²) >= 11 is 3.46. The number of halogens is 2. The molecule has 7 heteroatoms. The van der Waals surface area contributed by atoms with Crippen LogP contribution in [0.25, 0.3) is 0 Å². The number of rotatable bonds is 6. The molecule has 2 rings (SSSR count). The van der Waals surface area contributed by atoms with Gasteiger partial charge in [0.25, 0.3) is 0 Å². The first-order valence-corrected chi connectivity index (χ1v) is 8.41. The Kier molecular flexibility index (Phi) is 8.02. The average molecular weight is 405 g/mol. The molecule has 2 N–H and O–H groups in total. The van der Waals surface area contributed by atoms with Gasteiger partial charge in [-0.15, -0.1) is 12.4 Å². The zero-order valence-corrected chi connectivity index (χ0v) is 15.7. The van der Waals surface area contributed by atoms with Crippen LogP contribution >= 0.6 is 28.3 Å². The Morgan fingerprint density at radius 1 is 1.43 bits per heavy atom.